The molecular weight excluding hydrogens is 206 g/mol. The predicted octanol–water partition coefficient (Wildman–Crippen LogP) is 1.55. The van der Waals surface area contributed by atoms with E-state index in [2.05, 4.69) is 4.98 Å². The number of carboxylic acids is 1. The molecule has 0 atom stereocenters. The summed E-state index contributed by atoms with van der Waals surface area (Å²) in [5, 5.41) is 10.0. The van der Waals surface area contributed by atoms with E-state index in [-0.39, 0.29) is 12.0 Å². The van der Waals surface area contributed by atoms with E-state index >= 15 is 0 Å². The van der Waals surface area contributed by atoms with Crippen molar-refractivity contribution >= 4 is 16.7 Å². The minimum atomic E-state index is -0.831. The van der Waals surface area contributed by atoms with Gasteiger partial charge in [0.05, 0.1) is 0 Å². The summed E-state index contributed by atoms with van der Waals surface area (Å²) >= 11 is 0. The number of aryl methyl sites for hydroxylation is 1. The summed E-state index contributed by atoms with van der Waals surface area (Å²) in [6, 6.07) is 7.25. The number of carbonyl (C=O) groups is 1. The van der Waals surface area contributed by atoms with Crippen LogP contribution in [0.1, 0.15) is 12.0 Å². The van der Waals surface area contributed by atoms with Gasteiger partial charge in [-0.1, -0.05) is 12.1 Å². The van der Waals surface area contributed by atoms with Crippen LogP contribution in [0, 0.1) is 0 Å². The van der Waals surface area contributed by atoms with Crippen molar-refractivity contribution < 1.29 is 9.90 Å². The van der Waals surface area contributed by atoms with E-state index in [0.29, 0.717) is 11.8 Å². The topological polar surface area (TPSA) is 70.2 Å². The van der Waals surface area contributed by atoms with E-state index in [1.807, 2.05) is 18.2 Å². The summed E-state index contributed by atoms with van der Waals surface area (Å²) in [7, 11) is 0. The highest BCUT2D eigenvalue weighted by Gasteiger charge is 2.02. The normalized spacial score (nSPS) is 10.5. The lowest BCUT2D eigenvalue weighted by Crippen LogP contribution is -2.05. The zero-order chi connectivity index (χ0) is 11.5. The van der Waals surface area contributed by atoms with Crippen LogP contribution in [0.15, 0.2) is 35.3 Å². The molecule has 0 aliphatic rings. The van der Waals surface area contributed by atoms with E-state index in [0.717, 1.165) is 10.9 Å². The van der Waals surface area contributed by atoms with Crippen LogP contribution in [0.3, 0.4) is 0 Å². The molecule has 0 bridgehead atoms. The lowest BCUT2D eigenvalue weighted by molar-refractivity contribution is -0.136. The van der Waals surface area contributed by atoms with Gasteiger partial charge in [-0.25, -0.2) is 0 Å². The molecule has 16 heavy (non-hydrogen) atoms. The van der Waals surface area contributed by atoms with Gasteiger partial charge in [-0.3, -0.25) is 9.59 Å². The lowest BCUT2D eigenvalue weighted by Gasteiger charge is -2.01. The fraction of sp³-hybridized carbons (Fsp3) is 0.167. The van der Waals surface area contributed by atoms with Crippen molar-refractivity contribution in [3.05, 3.63) is 46.4 Å². The molecule has 0 unspecified atom stereocenters. The van der Waals surface area contributed by atoms with Gasteiger partial charge >= 0.3 is 5.97 Å². The number of carboxylic acid groups (broad SMARTS) is 1. The Bertz CT molecular complexity index is 586. The Morgan fingerprint density at radius 1 is 1.31 bits per heavy atom. The maximum Gasteiger partial charge on any atom is 0.303 e. The standard InChI is InChI=1S/C12H11NO3/c14-11(15)4-2-8-1-3-9-5-6-13-12(16)10(9)7-8/h1,3,5-7H,2,4H2,(H,13,16)(H,14,15). The maximum absolute atomic E-state index is 11.5. The van der Waals surface area contributed by atoms with Crippen LogP contribution in [-0.2, 0) is 11.2 Å². The summed E-state index contributed by atoms with van der Waals surface area (Å²) in [6.45, 7) is 0. The van der Waals surface area contributed by atoms with Crippen LogP contribution in [0.5, 0.6) is 0 Å². The van der Waals surface area contributed by atoms with Gasteiger partial charge in [0.15, 0.2) is 0 Å². The Morgan fingerprint density at radius 2 is 2.12 bits per heavy atom. The van der Waals surface area contributed by atoms with Crippen LogP contribution in [-0.4, -0.2) is 16.1 Å². The molecule has 1 aromatic heterocycles. The third-order valence-corrected chi connectivity index (χ3v) is 2.47. The zero-order valence-corrected chi connectivity index (χ0v) is 8.56. The molecule has 2 aromatic rings. The first-order chi connectivity index (χ1) is 7.66. The Morgan fingerprint density at radius 3 is 2.88 bits per heavy atom. The Balaban J connectivity index is 2.39. The van der Waals surface area contributed by atoms with Crippen LogP contribution in [0.4, 0.5) is 0 Å². The van der Waals surface area contributed by atoms with Crippen molar-refractivity contribution in [2.45, 2.75) is 12.8 Å². The van der Waals surface area contributed by atoms with Crippen molar-refractivity contribution in [2.75, 3.05) is 0 Å². The summed E-state index contributed by atoms with van der Waals surface area (Å²) in [6.07, 6.45) is 2.12. The molecule has 4 heteroatoms. The monoisotopic (exact) mass is 217 g/mol. The van der Waals surface area contributed by atoms with Gasteiger partial charge in [-0.05, 0) is 29.5 Å². The number of H-pyrrole nitrogens is 1. The largest absolute Gasteiger partial charge is 0.481 e. The Hall–Kier alpha value is -2.10. The minimum Gasteiger partial charge on any atom is -0.481 e. The first-order valence-corrected chi connectivity index (χ1v) is 4.99. The second-order valence-electron chi connectivity index (χ2n) is 3.62. The fourth-order valence-corrected chi connectivity index (χ4v) is 1.64. The molecule has 4 nitrogen and oxygen atoms in total. The first kappa shape index (κ1) is 10.4. The van der Waals surface area contributed by atoms with Crippen molar-refractivity contribution in [1.29, 1.82) is 0 Å². The SMILES string of the molecule is O=C(O)CCc1ccc2cc[nH]c(=O)c2c1. The van der Waals surface area contributed by atoms with Crippen LogP contribution >= 0.6 is 0 Å². The molecule has 2 N–H and O–H groups in total. The molecule has 0 fully saturated rings. The van der Waals surface area contributed by atoms with Crippen molar-refractivity contribution in [3.63, 3.8) is 0 Å². The highest BCUT2D eigenvalue weighted by atomic mass is 16.4. The Kier molecular flexibility index (Phi) is 2.72. The van der Waals surface area contributed by atoms with E-state index < -0.39 is 5.97 Å². The number of aromatic amines is 1. The number of pyridine rings is 1. The van der Waals surface area contributed by atoms with E-state index in [9.17, 15) is 9.59 Å². The van der Waals surface area contributed by atoms with Gasteiger partial charge in [0.1, 0.15) is 0 Å². The molecule has 0 spiro atoms. The number of aromatic nitrogens is 1. The second kappa shape index (κ2) is 4.18. The first-order valence-electron chi connectivity index (χ1n) is 4.99. The number of hydrogen-bond donors (Lipinski definition) is 2. The smallest absolute Gasteiger partial charge is 0.303 e. The van der Waals surface area contributed by atoms with E-state index in [1.54, 1.807) is 12.3 Å². The summed E-state index contributed by atoms with van der Waals surface area (Å²) in [4.78, 5) is 24.5. The van der Waals surface area contributed by atoms with Crippen LogP contribution in [0.2, 0.25) is 0 Å². The molecule has 0 aliphatic carbocycles. The van der Waals surface area contributed by atoms with Crippen molar-refractivity contribution in [1.82, 2.24) is 4.98 Å². The van der Waals surface area contributed by atoms with Crippen molar-refractivity contribution in [3.8, 4) is 0 Å². The quantitative estimate of drug-likeness (QED) is 0.819. The molecule has 82 valence electrons. The number of rotatable bonds is 3. The summed E-state index contributed by atoms with van der Waals surface area (Å²) in [5.41, 5.74) is 0.723. The molecule has 0 saturated carbocycles. The third-order valence-electron chi connectivity index (χ3n) is 2.47. The number of hydrogen-bond acceptors (Lipinski definition) is 2. The summed E-state index contributed by atoms with van der Waals surface area (Å²) < 4.78 is 0. The van der Waals surface area contributed by atoms with Gasteiger partial charge < -0.3 is 10.1 Å². The fourth-order valence-electron chi connectivity index (χ4n) is 1.64. The van der Waals surface area contributed by atoms with E-state index in [1.165, 1.54) is 0 Å². The number of nitrogens with one attached hydrogen (secondary N) is 1. The predicted molar refractivity (Wildman–Crippen MR) is 60.5 cm³/mol. The highest BCUT2D eigenvalue weighted by molar-refractivity contribution is 5.82. The molecule has 0 radical (unpaired) electrons. The van der Waals surface area contributed by atoms with Gasteiger partial charge in [0, 0.05) is 18.0 Å². The summed E-state index contributed by atoms with van der Waals surface area (Å²) in [5.74, 6) is -0.831. The van der Waals surface area contributed by atoms with Crippen molar-refractivity contribution in [2.24, 2.45) is 0 Å². The molecule has 2 rings (SSSR count). The molecule has 0 amide bonds. The molecule has 0 saturated heterocycles. The Labute approximate surface area is 91.5 Å². The number of benzene rings is 1. The molecule has 0 aliphatic heterocycles. The molecule has 1 aromatic carbocycles. The number of aliphatic carboxylic acids is 1. The van der Waals surface area contributed by atoms with Gasteiger partial charge in [-0.15, -0.1) is 0 Å². The van der Waals surface area contributed by atoms with Gasteiger partial charge in [-0.2, -0.15) is 0 Å². The minimum absolute atomic E-state index is 0.0796. The van der Waals surface area contributed by atoms with Crippen LogP contribution in [0.25, 0.3) is 10.8 Å². The van der Waals surface area contributed by atoms with Gasteiger partial charge in [0.25, 0.3) is 5.56 Å². The highest BCUT2D eigenvalue weighted by Crippen LogP contribution is 2.12. The average molecular weight is 217 g/mol. The maximum atomic E-state index is 11.5. The molecule has 1 heterocycles. The second-order valence-corrected chi connectivity index (χ2v) is 3.62. The number of fused-ring (bicyclic) bond motifs is 1. The lowest BCUT2D eigenvalue weighted by atomic mass is 10.1. The van der Waals surface area contributed by atoms with Crippen LogP contribution < -0.4 is 5.56 Å². The zero-order valence-electron chi connectivity index (χ0n) is 8.56. The third kappa shape index (κ3) is 2.11. The van der Waals surface area contributed by atoms with Gasteiger partial charge in [0.2, 0.25) is 0 Å². The average Bonchev–Trinajstić information content (AvgIpc) is 2.27. The van der Waals surface area contributed by atoms with E-state index in [4.69, 9.17) is 5.11 Å². The molecular formula is C12H11NO3.